The van der Waals surface area contributed by atoms with Crippen LogP contribution in [0.1, 0.15) is 25.6 Å². The molecule has 0 N–H and O–H groups in total. The van der Waals surface area contributed by atoms with Gasteiger partial charge in [0.05, 0.1) is 5.69 Å². The van der Waals surface area contributed by atoms with Crippen LogP contribution >= 0.6 is 11.5 Å². The van der Waals surface area contributed by atoms with E-state index in [9.17, 15) is 0 Å². The molecule has 3 heteroatoms. The summed E-state index contributed by atoms with van der Waals surface area (Å²) in [6.45, 7) is 6.51. The molecule has 0 radical (unpaired) electrons. The molecule has 0 saturated heterocycles. The molecule has 1 heterocycles. The number of para-hydroxylation sites is 1. The van der Waals surface area contributed by atoms with Gasteiger partial charge >= 0.3 is 0 Å². The number of aromatic nitrogens is 1. The predicted molar refractivity (Wildman–Crippen MR) is 69.1 cm³/mol. The Labute approximate surface area is 100 Å². The van der Waals surface area contributed by atoms with E-state index in [0.29, 0.717) is 6.04 Å². The van der Waals surface area contributed by atoms with E-state index in [1.807, 2.05) is 30.3 Å². The Morgan fingerprint density at radius 2 is 1.88 bits per heavy atom. The van der Waals surface area contributed by atoms with Gasteiger partial charge in [-0.05, 0) is 50.5 Å². The molecule has 0 bridgehead atoms. The molecule has 0 aliphatic heterocycles. The highest BCUT2D eigenvalue weighted by Gasteiger charge is 2.02. The number of hydrogen-bond acceptors (Lipinski definition) is 2. The molecular formula is C13H16N2S. The lowest BCUT2D eigenvalue weighted by Gasteiger charge is -2.06. The molecule has 0 aliphatic rings. The van der Waals surface area contributed by atoms with Gasteiger partial charge in [-0.25, -0.2) is 4.99 Å². The zero-order valence-corrected chi connectivity index (χ0v) is 10.7. The third-order valence-corrected chi connectivity index (χ3v) is 3.64. The van der Waals surface area contributed by atoms with Gasteiger partial charge in [-0.3, -0.25) is 3.96 Å². The quantitative estimate of drug-likeness (QED) is 0.751. The van der Waals surface area contributed by atoms with Crippen molar-refractivity contribution in [3.05, 3.63) is 46.8 Å². The highest BCUT2D eigenvalue weighted by Crippen LogP contribution is 2.13. The maximum atomic E-state index is 4.60. The zero-order valence-electron chi connectivity index (χ0n) is 9.84. The second-order valence-corrected chi connectivity index (χ2v) is 5.08. The van der Waals surface area contributed by atoms with Crippen molar-refractivity contribution in [1.82, 2.24) is 3.96 Å². The monoisotopic (exact) mass is 232 g/mol. The summed E-state index contributed by atoms with van der Waals surface area (Å²) in [6, 6.07) is 12.7. The summed E-state index contributed by atoms with van der Waals surface area (Å²) >= 11 is 1.71. The van der Waals surface area contributed by atoms with Crippen molar-refractivity contribution >= 4 is 17.2 Å². The first-order valence-corrected chi connectivity index (χ1v) is 6.23. The van der Waals surface area contributed by atoms with Crippen LogP contribution in [0.2, 0.25) is 0 Å². The third-order valence-electron chi connectivity index (χ3n) is 2.34. The largest absolute Gasteiger partial charge is 0.298 e. The Hall–Kier alpha value is -1.35. The van der Waals surface area contributed by atoms with Crippen LogP contribution in [0.4, 0.5) is 5.69 Å². The number of nitrogens with zero attached hydrogens (tertiary/aromatic N) is 2. The standard InChI is InChI=1S/C13H16N2S/c1-10(2)15-11(3)9-13(16-15)14-12-7-5-4-6-8-12/h4-10H,1-3H3. The normalized spacial score (nSPS) is 12.4. The summed E-state index contributed by atoms with van der Waals surface area (Å²) in [6.07, 6.45) is 0. The topological polar surface area (TPSA) is 17.3 Å². The fourth-order valence-electron chi connectivity index (χ4n) is 1.64. The summed E-state index contributed by atoms with van der Waals surface area (Å²) in [5.41, 5.74) is 2.29. The van der Waals surface area contributed by atoms with E-state index in [2.05, 4.69) is 35.8 Å². The summed E-state index contributed by atoms with van der Waals surface area (Å²) in [4.78, 5) is 4.60. The molecule has 1 aromatic heterocycles. The molecule has 0 amide bonds. The third kappa shape index (κ3) is 2.42. The number of aryl methyl sites for hydroxylation is 1. The Bertz CT molecular complexity index is 520. The van der Waals surface area contributed by atoms with Crippen molar-refractivity contribution in [2.75, 3.05) is 0 Å². The number of rotatable bonds is 2. The van der Waals surface area contributed by atoms with E-state index in [1.54, 1.807) is 11.5 Å². The predicted octanol–water partition coefficient (Wildman–Crippen LogP) is 3.67. The van der Waals surface area contributed by atoms with Gasteiger partial charge in [-0.15, -0.1) is 0 Å². The highest BCUT2D eigenvalue weighted by atomic mass is 32.1. The van der Waals surface area contributed by atoms with Gasteiger partial charge in [0.15, 0.2) is 0 Å². The fraction of sp³-hybridized carbons (Fsp3) is 0.308. The molecule has 2 aromatic rings. The molecule has 0 aliphatic carbocycles. The first-order valence-electron chi connectivity index (χ1n) is 5.46. The maximum absolute atomic E-state index is 4.60. The van der Waals surface area contributed by atoms with Crippen molar-refractivity contribution in [1.29, 1.82) is 0 Å². The Kier molecular flexibility index (Phi) is 3.25. The SMILES string of the molecule is Cc1cc(=Nc2ccccc2)sn1C(C)C. The van der Waals surface area contributed by atoms with Gasteiger partial charge in [0.1, 0.15) is 4.67 Å². The molecule has 84 valence electrons. The first kappa shape index (κ1) is 11.1. The summed E-state index contributed by atoms with van der Waals surface area (Å²) in [7, 11) is 0. The molecule has 2 rings (SSSR count). The molecule has 0 unspecified atom stereocenters. The molecule has 0 atom stereocenters. The molecule has 0 saturated carbocycles. The van der Waals surface area contributed by atoms with Gasteiger partial charge in [0.25, 0.3) is 0 Å². The van der Waals surface area contributed by atoms with Crippen LogP contribution in [0.15, 0.2) is 41.4 Å². The minimum Gasteiger partial charge on any atom is -0.298 e. The van der Waals surface area contributed by atoms with Crippen LogP contribution in [0.3, 0.4) is 0 Å². The van der Waals surface area contributed by atoms with E-state index in [1.165, 1.54) is 5.69 Å². The van der Waals surface area contributed by atoms with E-state index in [4.69, 9.17) is 0 Å². The summed E-state index contributed by atoms with van der Waals surface area (Å²) < 4.78 is 3.35. The zero-order chi connectivity index (χ0) is 11.5. The highest BCUT2D eigenvalue weighted by molar-refractivity contribution is 7.03. The van der Waals surface area contributed by atoms with Crippen LogP contribution in [-0.2, 0) is 0 Å². The molecular weight excluding hydrogens is 216 g/mol. The van der Waals surface area contributed by atoms with Crippen LogP contribution in [0.5, 0.6) is 0 Å². The van der Waals surface area contributed by atoms with Gasteiger partial charge in [0, 0.05) is 11.7 Å². The Morgan fingerprint density at radius 3 is 2.44 bits per heavy atom. The van der Waals surface area contributed by atoms with Crippen LogP contribution in [0.25, 0.3) is 0 Å². The van der Waals surface area contributed by atoms with E-state index in [-0.39, 0.29) is 0 Å². The van der Waals surface area contributed by atoms with Crippen molar-refractivity contribution in [2.24, 2.45) is 4.99 Å². The smallest absolute Gasteiger partial charge is 0.135 e. The van der Waals surface area contributed by atoms with Crippen molar-refractivity contribution in [3.63, 3.8) is 0 Å². The van der Waals surface area contributed by atoms with Crippen LogP contribution in [0, 0.1) is 6.92 Å². The number of hydrogen-bond donors (Lipinski definition) is 0. The molecule has 0 fully saturated rings. The first-order chi connectivity index (χ1) is 7.66. The van der Waals surface area contributed by atoms with Gasteiger partial charge in [-0.1, -0.05) is 18.2 Å². The lowest BCUT2D eigenvalue weighted by molar-refractivity contribution is 0.635. The average molecular weight is 232 g/mol. The maximum Gasteiger partial charge on any atom is 0.135 e. The Morgan fingerprint density at radius 1 is 1.19 bits per heavy atom. The minimum atomic E-state index is 0.504. The van der Waals surface area contributed by atoms with Crippen molar-refractivity contribution < 1.29 is 0 Å². The average Bonchev–Trinajstić information content (AvgIpc) is 2.61. The van der Waals surface area contributed by atoms with Crippen LogP contribution < -0.4 is 4.67 Å². The summed E-state index contributed by atoms with van der Waals surface area (Å²) in [5, 5.41) is 0. The van der Waals surface area contributed by atoms with E-state index < -0.39 is 0 Å². The van der Waals surface area contributed by atoms with Crippen LogP contribution in [-0.4, -0.2) is 3.96 Å². The molecule has 0 spiro atoms. The second kappa shape index (κ2) is 4.66. The van der Waals surface area contributed by atoms with Crippen molar-refractivity contribution in [2.45, 2.75) is 26.8 Å². The van der Waals surface area contributed by atoms with Gasteiger partial charge in [0.2, 0.25) is 0 Å². The summed E-state index contributed by atoms with van der Waals surface area (Å²) in [5.74, 6) is 0. The molecule has 2 nitrogen and oxygen atoms in total. The van der Waals surface area contributed by atoms with E-state index in [0.717, 1.165) is 10.4 Å². The minimum absolute atomic E-state index is 0.504. The van der Waals surface area contributed by atoms with Crippen molar-refractivity contribution in [3.8, 4) is 0 Å². The van der Waals surface area contributed by atoms with E-state index >= 15 is 0 Å². The Balaban J connectivity index is 2.42. The fourth-order valence-corrected chi connectivity index (χ4v) is 2.62. The molecule has 16 heavy (non-hydrogen) atoms. The molecule has 1 aromatic carbocycles. The van der Waals surface area contributed by atoms with Gasteiger partial charge in [-0.2, -0.15) is 0 Å². The van der Waals surface area contributed by atoms with Gasteiger partial charge < -0.3 is 0 Å². The lowest BCUT2D eigenvalue weighted by atomic mass is 10.3. The second-order valence-electron chi connectivity index (χ2n) is 4.08. The lowest BCUT2D eigenvalue weighted by Crippen LogP contribution is -1.97. The number of benzene rings is 1.